The highest BCUT2D eigenvalue weighted by molar-refractivity contribution is 9.10. The minimum atomic E-state index is -0.547. The second-order valence-electron chi connectivity index (χ2n) is 7.99. The van der Waals surface area contributed by atoms with Gasteiger partial charge in [-0.05, 0) is 65.4 Å². The van der Waals surface area contributed by atoms with Gasteiger partial charge in [0.2, 0.25) is 5.91 Å². The molecule has 0 spiro atoms. The van der Waals surface area contributed by atoms with Crippen LogP contribution in [-0.4, -0.2) is 35.9 Å². The standard InChI is InChI=1S/C26H35BrN2O3/c1-5-8-14-28-26(31)23(7-3)29(17-21-11-9-10-19(4)15-21)25(30)18-32-24-13-12-20(6-2)16-22(24)27/h9-13,15-16,23H,5-8,14,17-18H2,1-4H3,(H,28,31)/t23-/m0/s1. The van der Waals surface area contributed by atoms with Crippen molar-refractivity contribution in [3.63, 3.8) is 0 Å². The molecule has 0 saturated heterocycles. The molecule has 32 heavy (non-hydrogen) atoms. The molecule has 2 amide bonds. The van der Waals surface area contributed by atoms with E-state index in [2.05, 4.69) is 35.1 Å². The summed E-state index contributed by atoms with van der Waals surface area (Å²) in [4.78, 5) is 27.8. The molecule has 5 nitrogen and oxygen atoms in total. The number of hydrogen-bond donors (Lipinski definition) is 1. The quantitative estimate of drug-likeness (QED) is 0.394. The molecule has 174 valence electrons. The van der Waals surface area contributed by atoms with E-state index in [0.29, 0.717) is 25.3 Å². The Morgan fingerprint density at radius 3 is 2.50 bits per heavy atom. The highest BCUT2D eigenvalue weighted by atomic mass is 79.9. The van der Waals surface area contributed by atoms with E-state index in [4.69, 9.17) is 4.74 Å². The Balaban J connectivity index is 2.19. The van der Waals surface area contributed by atoms with Gasteiger partial charge in [0.25, 0.3) is 5.91 Å². The Labute approximate surface area is 200 Å². The lowest BCUT2D eigenvalue weighted by Gasteiger charge is -2.30. The Hall–Kier alpha value is -2.34. The van der Waals surface area contributed by atoms with Crippen LogP contribution in [0.5, 0.6) is 5.75 Å². The summed E-state index contributed by atoms with van der Waals surface area (Å²) in [5.41, 5.74) is 3.30. The zero-order valence-corrected chi connectivity index (χ0v) is 21.2. The van der Waals surface area contributed by atoms with E-state index in [1.54, 1.807) is 4.90 Å². The predicted molar refractivity (Wildman–Crippen MR) is 133 cm³/mol. The number of benzene rings is 2. The van der Waals surface area contributed by atoms with Crippen LogP contribution in [0.2, 0.25) is 0 Å². The number of carbonyl (C=O) groups is 2. The number of rotatable bonds is 12. The maximum absolute atomic E-state index is 13.3. The second kappa shape index (κ2) is 13.3. The molecule has 0 unspecified atom stereocenters. The second-order valence-corrected chi connectivity index (χ2v) is 8.84. The van der Waals surface area contributed by atoms with Crippen LogP contribution in [0.1, 0.15) is 56.7 Å². The Morgan fingerprint density at radius 2 is 1.88 bits per heavy atom. The van der Waals surface area contributed by atoms with E-state index in [1.165, 1.54) is 5.56 Å². The first-order valence-corrected chi connectivity index (χ1v) is 12.2. The molecule has 0 radical (unpaired) electrons. The summed E-state index contributed by atoms with van der Waals surface area (Å²) in [6.07, 6.45) is 3.37. The molecule has 0 fully saturated rings. The fourth-order valence-electron chi connectivity index (χ4n) is 3.54. The van der Waals surface area contributed by atoms with Crippen molar-refractivity contribution in [2.75, 3.05) is 13.2 Å². The van der Waals surface area contributed by atoms with Gasteiger partial charge in [-0.3, -0.25) is 9.59 Å². The van der Waals surface area contributed by atoms with Gasteiger partial charge in [0.05, 0.1) is 4.47 Å². The summed E-state index contributed by atoms with van der Waals surface area (Å²) in [5.74, 6) is 0.289. The molecule has 0 saturated carbocycles. The van der Waals surface area contributed by atoms with Gasteiger partial charge in [-0.2, -0.15) is 0 Å². The van der Waals surface area contributed by atoms with Crippen LogP contribution in [0.3, 0.4) is 0 Å². The lowest BCUT2D eigenvalue weighted by Crippen LogP contribution is -2.50. The Morgan fingerprint density at radius 1 is 1.09 bits per heavy atom. The van der Waals surface area contributed by atoms with Gasteiger partial charge in [0, 0.05) is 13.1 Å². The first-order chi connectivity index (χ1) is 15.4. The van der Waals surface area contributed by atoms with Crippen LogP contribution in [0, 0.1) is 6.92 Å². The number of aryl methyl sites for hydroxylation is 2. The van der Waals surface area contributed by atoms with Crippen LogP contribution in [0.15, 0.2) is 46.9 Å². The van der Waals surface area contributed by atoms with Crippen molar-refractivity contribution in [2.45, 2.75) is 66.0 Å². The predicted octanol–water partition coefficient (Wildman–Crippen LogP) is 5.42. The van der Waals surface area contributed by atoms with E-state index < -0.39 is 6.04 Å². The van der Waals surface area contributed by atoms with Crippen LogP contribution >= 0.6 is 15.9 Å². The van der Waals surface area contributed by atoms with E-state index in [1.807, 2.05) is 56.3 Å². The lowest BCUT2D eigenvalue weighted by molar-refractivity contribution is -0.143. The molecular formula is C26H35BrN2O3. The normalized spacial score (nSPS) is 11.7. The summed E-state index contributed by atoms with van der Waals surface area (Å²) >= 11 is 3.52. The third-order valence-electron chi connectivity index (χ3n) is 5.41. The molecule has 0 bridgehead atoms. The zero-order valence-electron chi connectivity index (χ0n) is 19.6. The van der Waals surface area contributed by atoms with Crippen molar-refractivity contribution in [1.29, 1.82) is 0 Å². The first kappa shape index (κ1) is 25.9. The van der Waals surface area contributed by atoms with E-state index >= 15 is 0 Å². The van der Waals surface area contributed by atoms with Crippen LogP contribution in [0.4, 0.5) is 0 Å². The van der Waals surface area contributed by atoms with Crippen molar-refractivity contribution < 1.29 is 14.3 Å². The Bertz CT molecular complexity index is 900. The van der Waals surface area contributed by atoms with Crippen molar-refractivity contribution in [3.05, 3.63) is 63.6 Å². The summed E-state index contributed by atoms with van der Waals surface area (Å²) < 4.78 is 6.66. The summed E-state index contributed by atoms with van der Waals surface area (Å²) in [7, 11) is 0. The smallest absolute Gasteiger partial charge is 0.261 e. The number of nitrogens with one attached hydrogen (secondary N) is 1. The van der Waals surface area contributed by atoms with Crippen molar-refractivity contribution in [1.82, 2.24) is 10.2 Å². The third kappa shape index (κ3) is 7.66. The van der Waals surface area contributed by atoms with E-state index in [0.717, 1.165) is 34.9 Å². The number of nitrogens with zero attached hydrogens (tertiary/aromatic N) is 1. The van der Waals surface area contributed by atoms with E-state index in [-0.39, 0.29) is 18.4 Å². The molecule has 2 aromatic rings. The average molecular weight is 503 g/mol. The number of halogens is 1. The maximum Gasteiger partial charge on any atom is 0.261 e. The Kier molecular flexibility index (Phi) is 10.7. The maximum atomic E-state index is 13.3. The SMILES string of the molecule is CCCCNC(=O)[C@H](CC)N(Cc1cccc(C)c1)C(=O)COc1ccc(CC)cc1Br. The van der Waals surface area contributed by atoms with Gasteiger partial charge >= 0.3 is 0 Å². The molecule has 2 aromatic carbocycles. The van der Waals surface area contributed by atoms with Gasteiger partial charge < -0.3 is 15.0 Å². The average Bonchev–Trinajstić information content (AvgIpc) is 2.78. The molecule has 1 N–H and O–H groups in total. The first-order valence-electron chi connectivity index (χ1n) is 11.4. The number of amides is 2. The third-order valence-corrected chi connectivity index (χ3v) is 6.03. The zero-order chi connectivity index (χ0) is 23.5. The van der Waals surface area contributed by atoms with E-state index in [9.17, 15) is 9.59 Å². The van der Waals surface area contributed by atoms with Crippen LogP contribution in [0.25, 0.3) is 0 Å². The van der Waals surface area contributed by atoms with Crippen molar-refractivity contribution in [2.24, 2.45) is 0 Å². The molecule has 2 rings (SSSR count). The number of unbranched alkanes of at least 4 members (excludes halogenated alkanes) is 1. The molecule has 0 aliphatic heterocycles. The molecule has 0 aromatic heterocycles. The van der Waals surface area contributed by atoms with Gasteiger partial charge in [0.15, 0.2) is 6.61 Å². The fourth-order valence-corrected chi connectivity index (χ4v) is 4.08. The topological polar surface area (TPSA) is 58.6 Å². The minimum Gasteiger partial charge on any atom is -0.483 e. The van der Waals surface area contributed by atoms with Crippen molar-refractivity contribution >= 4 is 27.7 Å². The lowest BCUT2D eigenvalue weighted by atomic mass is 10.1. The van der Waals surface area contributed by atoms with Crippen LogP contribution < -0.4 is 10.1 Å². The molecule has 0 aliphatic carbocycles. The van der Waals surface area contributed by atoms with Gasteiger partial charge in [-0.25, -0.2) is 0 Å². The number of ether oxygens (including phenoxy) is 1. The molecular weight excluding hydrogens is 468 g/mol. The monoisotopic (exact) mass is 502 g/mol. The highest BCUT2D eigenvalue weighted by Crippen LogP contribution is 2.26. The summed E-state index contributed by atoms with van der Waals surface area (Å²) in [6.45, 7) is 8.97. The highest BCUT2D eigenvalue weighted by Gasteiger charge is 2.29. The van der Waals surface area contributed by atoms with Crippen molar-refractivity contribution in [3.8, 4) is 5.75 Å². The molecule has 1 atom stereocenters. The largest absolute Gasteiger partial charge is 0.483 e. The minimum absolute atomic E-state index is 0.115. The fraction of sp³-hybridized carbons (Fsp3) is 0.462. The molecule has 6 heteroatoms. The van der Waals surface area contributed by atoms with Gasteiger partial charge in [-0.1, -0.05) is 63.1 Å². The molecule has 0 aliphatic rings. The number of carbonyl (C=O) groups excluding carboxylic acids is 2. The number of hydrogen-bond acceptors (Lipinski definition) is 3. The summed E-state index contributed by atoms with van der Waals surface area (Å²) in [6, 6.07) is 13.3. The van der Waals surface area contributed by atoms with Gasteiger partial charge in [-0.15, -0.1) is 0 Å². The summed E-state index contributed by atoms with van der Waals surface area (Å²) in [5, 5.41) is 2.98. The van der Waals surface area contributed by atoms with Gasteiger partial charge in [0.1, 0.15) is 11.8 Å². The van der Waals surface area contributed by atoms with Crippen LogP contribution in [-0.2, 0) is 22.6 Å². The molecule has 0 heterocycles.